The number of hydrogen-bond donors (Lipinski definition) is 1. The number of ether oxygens (including phenoxy) is 4. The zero-order valence-corrected chi connectivity index (χ0v) is 23.1. The average Bonchev–Trinajstić information content (AvgIpc) is 3.12. The Labute approximate surface area is 220 Å². The Morgan fingerprint density at radius 1 is 1.19 bits per heavy atom. The topological polar surface area (TPSA) is 108 Å². The van der Waals surface area contributed by atoms with Crippen LogP contribution in [0.4, 0.5) is 0 Å². The number of carbonyl (C=O) groups excluding carboxylic acids is 3. The molecular formula is C29H42O8. The van der Waals surface area contributed by atoms with Crippen LogP contribution in [0.3, 0.4) is 0 Å². The highest BCUT2D eigenvalue weighted by Crippen LogP contribution is 2.67. The minimum absolute atomic E-state index is 0.0722. The summed E-state index contributed by atoms with van der Waals surface area (Å²) < 4.78 is 23.2. The van der Waals surface area contributed by atoms with Crippen molar-refractivity contribution in [3.8, 4) is 0 Å². The number of rotatable bonds is 8. The van der Waals surface area contributed by atoms with Crippen LogP contribution in [0.1, 0.15) is 74.1 Å². The second-order valence-corrected chi connectivity index (χ2v) is 11.2. The summed E-state index contributed by atoms with van der Waals surface area (Å²) in [5.74, 6) is -1.99. The molecule has 3 rings (SSSR count). The normalized spacial score (nSPS) is 37.9. The maximum atomic E-state index is 12.8. The smallest absolute Gasteiger partial charge is 0.309 e. The summed E-state index contributed by atoms with van der Waals surface area (Å²) in [6.07, 6.45) is 3.89. The van der Waals surface area contributed by atoms with Crippen LogP contribution in [0.2, 0.25) is 0 Å². The van der Waals surface area contributed by atoms with E-state index >= 15 is 0 Å². The fourth-order valence-electron chi connectivity index (χ4n) is 6.30. The van der Waals surface area contributed by atoms with Crippen molar-refractivity contribution in [3.05, 3.63) is 36.0 Å². The molecule has 2 aliphatic carbocycles. The van der Waals surface area contributed by atoms with Crippen molar-refractivity contribution >= 4 is 17.9 Å². The second-order valence-electron chi connectivity index (χ2n) is 11.2. The largest absolute Gasteiger partial charge is 0.458 e. The summed E-state index contributed by atoms with van der Waals surface area (Å²) in [7, 11) is 0. The van der Waals surface area contributed by atoms with Crippen molar-refractivity contribution in [2.45, 2.75) is 98.9 Å². The van der Waals surface area contributed by atoms with Gasteiger partial charge in [0.25, 0.3) is 0 Å². The van der Waals surface area contributed by atoms with Gasteiger partial charge in [0.1, 0.15) is 6.10 Å². The molecule has 0 amide bonds. The van der Waals surface area contributed by atoms with E-state index in [0.717, 1.165) is 5.57 Å². The molecule has 0 aromatic carbocycles. The van der Waals surface area contributed by atoms with E-state index in [0.29, 0.717) is 31.3 Å². The van der Waals surface area contributed by atoms with Gasteiger partial charge < -0.3 is 19.3 Å². The van der Waals surface area contributed by atoms with Crippen molar-refractivity contribution in [1.29, 1.82) is 0 Å². The molecule has 0 aromatic heterocycles. The van der Waals surface area contributed by atoms with Crippen LogP contribution in [0.25, 0.3) is 0 Å². The van der Waals surface area contributed by atoms with Crippen molar-refractivity contribution in [3.63, 3.8) is 0 Å². The molecule has 0 bridgehead atoms. The third kappa shape index (κ3) is 5.28. The fourth-order valence-corrected chi connectivity index (χ4v) is 6.30. The predicted octanol–water partition coefficient (Wildman–Crippen LogP) is 4.62. The van der Waals surface area contributed by atoms with E-state index in [1.165, 1.54) is 13.8 Å². The molecule has 1 heterocycles. The first kappa shape index (κ1) is 29.1. The third-order valence-electron chi connectivity index (χ3n) is 8.87. The van der Waals surface area contributed by atoms with E-state index in [9.17, 15) is 19.5 Å². The summed E-state index contributed by atoms with van der Waals surface area (Å²) in [5, 5.41) is 11.7. The summed E-state index contributed by atoms with van der Waals surface area (Å²) in [6.45, 7) is 16.4. The van der Waals surface area contributed by atoms with Crippen LogP contribution in [-0.4, -0.2) is 47.8 Å². The van der Waals surface area contributed by atoms with Crippen molar-refractivity contribution in [1.82, 2.24) is 0 Å². The van der Waals surface area contributed by atoms with E-state index < -0.39 is 47.6 Å². The lowest BCUT2D eigenvalue weighted by molar-refractivity contribution is -0.254. The van der Waals surface area contributed by atoms with E-state index in [1.807, 2.05) is 20.8 Å². The molecule has 1 saturated heterocycles. The highest BCUT2D eigenvalue weighted by atomic mass is 16.8. The molecule has 3 aliphatic rings. The highest BCUT2D eigenvalue weighted by Gasteiger charge is 2.71. The first-order valence-corrected chi connectivity index (χ1v) is 13.2. The summed E-state index contributed by atoms with van der Waals surface area (Å²) in [6, 6.07) is 0. The van der Waals surface area contributed by atoms with Gasteiger partial charge in [-0.25, -0.2) is 0 Å². The molecule has 0 aromatic rings. The molecule has 2 fully saturated rings. The Balaban J connectivity index is 2.21. The highest BCUT2D eigenvalue weighted by molar-refractivity contribution is 5.72. The molecule has 8 nitrogen and oxygen atoms in total. The van der Waals surface area contributed by atoms with E-state index in [2.05, 4.69) is 26.5 Å². The Kier molecular flexibility index (Phi) is 8.75. The molecular weight excluding hydrogens is 476 g/mol. The minimum atomic E-state index is -1.17. The molecule has 0 radical (unpaired) electrons. The average molecular weight is 519 g/mol. The van der Waals surface area contributed by atoms with E-state index in [4.69, 9.17) is 18.9 Å². The van der Waals surface area contributed by atoms with Gasteiger partial charge in [-0.05, 0) is 55.9 Å². The van der Waals surface area contributed by atoms with Crippen molar-refractivity contribution in [2.75, 3.05) is 0 Å². The lowest BCUT2D eigenvalue weighted by atomic mass is 9.45. The lowest BCUT2D eigenvalue weighted by Crippen LogP contribution is -2.63. The molecule has 206 valence electrons. The quantitative estimate of drug-likeness (QED) is 0.215. The number of carbonyl (C=O) groups is 3. The second kappa shape index (κ2) is 11.1. The maximum Gasteiger partial charge on any atom is 0.309 e. The van der Waals surface area contributed by atoms with Crippen LogP contribution >= 0.6 is 0 Å². The Bertz CT molecular complexity index is 982. The van der Waals surface area contributed by atoms with Gasteiger partial charge in [0.05, 0.1) is 17.4 Å². The standard InChI is InChI=1S/C29H42O8/c1-9-16(3)11-12-28(8)18(5)13-24(32)29-22(26(34-19(6)30)37-27(29)35-20(7)31)14-21(15-23(28)29)36-25(33)17(4)10-2/h9,11,14,17-18,21,23-24,26-27,32H,1,10,12-13,15H2,2-8H3/b16-11+/t17-,18-,21+,23+,24+,26+,27-,28-,29+/m1/s1. The van der Waals surface area contributed by atoms with Gasteiger partial charge in [-0.15, -0.1) is 0 Å². The van der Waals surface area contributed by atoms with Gasteiger partial charge in [-0.2, -0.15) is 0 Å². The van der Waals surface area contributed by atoms with Crippen LogP contribution < -0.4 is 0 Å². The van der Waals surface area contributed by atoms with Gasteiger partial charge in [0.15, 0.2) is 0 Å². The van der Waals surface area contributed by atoms with Crippen LogP contribution in [0, 0.1) is 28.6 Å². The van der Waals surface area contributed by atoms with Crippen molar-refractivity contribution in [2.24, 2.45) is 28.6 Å². The number of aliphatic hydroxyl groups excluding tert-OH is 1. The Morgan fingerprint density at radius 2 is 1.84 bits per heavy atom. The summed E-state index contributed by atoms with van der Waals surface area (Å²) >= 11 is 0. The zero-order valence-electron chi connectivity index (χ0n) is 23.1. The molecule has 0 unspecified atom stereocenters. The van der Waals surface area contributed by atoms with Gasteiger partial charge >= 0.3 is 17.9 Å². The van der Waals surface area contributed by atoms with Crippen molar-refractivity contribution < 1.29 is 38.4 Å². The maximum absolute atomic E-state index is 12.8. The first-order valence-electron chi connectivity index (χ1n) is 13.2. The van der Waals surface area contributed by atoms with Gasteiger partial charge in [0.2, 0.25) is 12.6 Å². The molecule has 37 heavy (non-hydrogen) atoms. The first-order chi connectivity index (χ1) is 17.3. The monoisotopic (exact) mass is 518 g/mol. The molecule has 1 N–H and O–H groups in total. The van der Waals surface area contributed by atoms with E-state index in [-0.39, 0.29) is 23.7 Å². The molecule has 1 spiro atoms. The third-order valence-corrected chi connectivity index (χ3v) is 8.87. The van der Waals surface area contributed by atoms with E-state index in [1.54, 1.807) is 12.2 Å². The molecule has 8 heteroatoms. The number of esters is 3. The number of hydrogen-bond acceptors (Lipinski definition) is 8. The van der Waals surface area contributed by atoms with Gasteiger partial charge in [-0.1, -0.05) is 52.0 Å². The number of allylic oxidation sites excluding steroid dienone is 3. The Morgan fingerprint density at radius 3 is 2.41 bits per heavy atom. The molecule has 9 atom stereocenters. The van der Waals surface area contributed by atoms with Gasteiger partial charge in [-0.3, -0.25) is 19.1 Å². The van der Waals surface area contributed by atoms with Crippen LogP contribution in [0.5, 0.6) is 0 Å². The van der Waals surface area contributed by atoms with Gasteiger partial charge in [0, 0.05) is 19.4 Å². The molecule has 1 saturated carbocycles. The van der Waals surface area contributed by atoms with Crippen LogP contribution in [0.15, 0.2) is 36.0 Å². The van der Waals surface area contributed by atoms with Crippen LogP contribution in [-0.2, 0) is 33.3 Å². The molecule has 1 aliphatic heterocycles. The number of aliphatic hydroxyl groups is 1. The summed E-state index contributed by atoms with van der Waals surface area (Å²) in [5.41, 5.74) is -0.0572. The summed E-state index contributed by atoms with van der Waals surface area (Å²) in [4.78, 5) is 37.0. The fraction of sp³-hybridized carbons (Fsp3) is 0.690. The lowest BCUT2D eigenvalue weighted by Gasteiger charge is -2.60. The SMILES string of the molecule is C=C/C(C)=C/C[C@]1(C)[C@H](C)C[C@H](O)[C@]23C(=C[C@H](OC(=O)[C@H](C)CC)C[C@@H]12)[C@@H](OC(C)=O)O[C@H]3OC(C)=O. The minimum Gasteiger partial charge on any atom is -0.458 e. The Hall–Kier alpha value is -2.45. The predicted molar refractivity (Wildman–Crippen MR) is 137 cm³/mol. The zero-order chi connectivity index (χ0) is 27.7.